The normalized spacial score (nSPS) is 26.1. The molecule has 0 aliphatic carbocycles. The summed E-state index contributed by atoms with van der Waals surface area (Å²) in [7, 11) is 1.82. The zero-order chi connectivity index (χ0) is 11.7. The van der Waals surface area contributed by atoms with Crippen LogP contribution in [0.15, 0.2) is 12.3 Å². The van der Waals surface area contributed by atoms with Gasteiger partial charge in [0.05, 0.1) is 11.8 Å². The number of β-amino-alcohol motifs (C(OH)–C–C–N with tert-alkyl or cyclic N) is 1. The van der Waals surface area contributed by atoms with Gasteiger partial charge in [-0.3, -0.25) is 14.4 Å². The average Bonchev–Trinajstić information content (AvgIpc) is 2.74. The van der Waals surface area contributed by atoms with Crippen LogP contribution >= 0.6 is 0 Å². The molecule has 2 atom stereocenters. The fraction of sp³-hybridized carbons (Fsp3) is 0.600. The molecule has 6 heteroatoms. The van der Waals surface area contributed by atoms with Crippen LogP contribution in [-0.2, 0) is 18.4 Å². The standard InChI is InChI=1S/C10H15N3O3/c1-12-3-2-7(11-12)5-13-6-8(14)4-9(13)10(15)16/h2-3,8-9,14H,4-6H2,1H3,(H,15,16). The Labute approximate surface area is 93.1 Å². The Morgan fingerprint density at radius 1 is 1.69 bits per heavy atom. The zero-order valence-electron chi connectivity index (χ0n) is 9.08. The summed E-state index contributed by atoms with van der Waals surface area (Å²) in [5, 5.41) is 22.7. The fourth-order valence-electron chi connectivity index (χ4n) is 2.07. The van der Waals surface area contributed by atoms with Gasteiger partial charge in [0.15, 0.2) is 0 Å². The van der Waals surface area contributed by atoms with E-state index in [1.54, 1.807) is 9.58 Å². The molecule has 1 fully saturated rings. The first-order chi connectivity index (χ1) is 7.56. The van der Waals surface area contributed by atoms with Crippen LogP contribution in [0.4, 0.5) is 0 Å². The van der Waals surface area contributed by atoms with Crippen LogP contribution in [0.1, 0.15) is 12.1 Å². The molecule has 2 unspecified atom stereocenters. The molecule has 0 spiro atoms. The Hall–Kier alpha value is -1.40. The molecule has 0 bridgehead atoms. The molecule has 1 aromatic rings. The minimum atomic E-state index is -0.882. The predicted octanol–water partition coefficient (Wildman–Crippen LogP) is -0.560. The second kappa shape index (κ2) is 4.23. The van der Waals surface area contributed by atoms with E-state index in [-0.39, 0.29) is 0 Å². The highest BCUT2D eigenvalue weighted by Gasteiger charge is 2.35. The van der Waals surface area contributed by atoms with Crippen molar-refractivity contribution in [1.29, 1.82) is 0 Å². The molecule has 88 valence electrons. The van der Waals surface area contributed by atoms with Crippen LogP contribution in [0.25, 0.3) is 0 Å². The van der Waals surface area contributed by atoms with Crippen molar-refractivity contribution >= 4 is 5.97 Å². The molecule has 0 saturated carbocycles. The van der Waals surface area contributed by atoms with Gasteiger partial charge < -0.3 is 10.2 Å². The second-order valence-corrected chi connectivity index (χ2v) is 4.15. The van der Waals surface area contributed by atoms with Crippen molar-refractivity contribution in [3.8, 4) is 0 Å². The molecule has 0 radical (unpaired) electrons. The smallest absolute Gasteiger partial charge is 0.321 e. The van der Waals surface area contributed by atoms with Gasteiger partial charge in [-0.1, -0.05) is 0 Å². The zero-order valence-corrected chi connectivity index (χ0v) is 9.08. The highest BCUT2D eigenvalue weighted by atomic mass is 16.4. The maximum absolute atomic E-state index is 11.0. The molecule has 1 aliphatic heterocycles. The Bertz CT molecular complexity index is 390. The van der Waals surface area contributed by atoms with Gasteiger partial charge in [-0.2, -0.15) is 5.10 Å². The van der Waals surface area contributed by atoms with E-state index >= 15 is 0 Å². The van der Waals surface area contributed by atoms with Crippen LogP contribution in [0.5, 0.6) is 0 Å². The lowest BCUT2D eigenvalue weighted by Crippen LogP contribution is -2.35. The van der Waals surface area contributed by atoms with Crippen LogP contribution in [0.3, 0.4) is 0 Å². The van der Waals surface area contributed by atoms with Crippen molar-refractivity contribution in [3.63, 3.8) is 0 Å². The molecule has 0 amide bonds. The van der Waals surface area contributed by atoms with E-state index in [1.807, 2.05) is 19.3 Å². The van der Waals surface area contributed by atoms with Gasteiger partial charge in [0.2, 0.25) is 0 Å². The number of carboxylic acid groups (broad SMARTS) is 1. The number of nitrogens with zero attached hydrogens (tertiary/aromatic N) is 3. The minimum absolute atomic E-state index is 0.294. The topological polar surface area (TPSA) is 78.6 Å². The third-order valence-electron chi connectivity index (χ3n) is 2.80. The lowest BCUT2D eigenvalue weighted by Gasteiger charge is -2.19. The van der Waals surface area contributed by atoms with Gasteiger partial charge >= 0.3 is 5.97 Å². The number of aliphatic carboxylic acids is 1. The number of carbonyl (C=O) groups is 1. The van der Waals surface area contributed by atoms with Crippen molar-refractivity contribution in [2.75, 3.05) is 6.54 Å². The monoisotopic (exact) mass is 225 g/mol. The van der Waals surface area contributed by atoms with Crippen molar-refractivity contribution in [2.24, 2.45) is 7.05 Å². The van der Waals surface area contributed by atoms with Crippen LogP contribution in [-0.4, -0.2) is 49.6 Å². The number of likely N-dealkylation sites (tertiary alicyclic amines) is 1. The van der Waals surface area contributed by atoms with Crippen molar-refractivity contribution in [1.82, 2.24) is 14.7 Å². The van der Waals surface area contributed by atoms with E-state index in [0.717, 1.165) is 5.69 Å². The highest BCUT2D eigenvalue weighted by Crippen LogP contribution is 2.20. The van der Waals surface area contributed by atoms with Gasteiger partial charge in [-0.25, -0.2) is 0 Å². The van der Waals surface area contributed by atoms with E-state index in [9.17, 15) is 9.90 Å². The highest BCUT2D eigenvalue weighted by molar-refractivity contribution is 5.74. The lowest BCUT2D eigenvalue weighted by atomic mass is 10.2. The molecular weight excluding hydrogens is 210 g/mol. The van der Waals surface area contributed by atoms with Crippen LogP contribution < -0.4 is 0 Å². The molecule has 0 aromatic carbocycles. The van der Waals surface area contributed by atoms with Crippen LogP contribution in [0, 0.1) is 0 Å². The van der Waals surface area contributed by atoms with E-state index in [0.29, 0.717) is 19.5 Å². The van der Waals surface area contributed by atoms with Gasteiger partial charge in [0.1, 0.15) is 6.04 Å². The van der Waals surface area contributed by atoms with Crippen molar-refractivity contribution in [3.05, 3.63) is 18.0 Å². The summed E-state index contributed by atoms with van der Waals surface area (Å²) in [6.45, 7) is 0.863. The first-order valence-electron chi connectivity index (χ1n) is 5.19. The van der Waals surface area contributed by atoms with E-state index in [1.165, 1.54) is 0 Å². The van der Waals surface area contributed by atoms with Crippen molar-refractivity contribution < 1.29 is 15.0 Å². The average molecular weight is 225 g/mol. The van der Waals surface area contributed by atoms with E-state index < -0.39 is 18.1 Å². The number of aromatic nitrogens is 2. The largest absolute Gasteiger partial charge is 0.480 e. The number of aryl methyl sites for hydroxylation is 1. The predicted molar refractivity (Wildman–Crippen MR) is 55.7 cm³/mol. The number of carboxylic acids is 1. The summed E-state index contributed by atoms with van der Waals surface area (Å²) in [6.07, 6.45) is 1.56. The van der Waals surface area contributed by atoms with Gasteiger partial charge in [-0.05, 0) is 6.07 Å². The number of rotatable bonds is 3. The molecule has 2 N–H and O–H groups in total. The molecule has 16 heavy (non-hydrogen) atoms. The number of aliphatic hydroxyl groups is 1. The van der Waals surface area contributed by atoms with Gasteiger partial charge in [0.25, 0.3) is 0 Å². The number of hydrogen-bond acceptors (Lipinski definition) is 4. The molecular formula is C10H15N3O3. The Balaban J connectivity index is 2.05. The fourth-order valence-corrected chi connectivity index (χ4v) is 2.07. The first kappa shape index (κ1) is 11.1. The first-order valence-corrected chi connectivity index (χ1v) is 5.19. The second-order valence-electron chi connectivity index (χ2n) is 4.15. The third-order valence-corrected chi connectivity index (χ3v) is 2.80. The minimum Gasteiger partial charge on any atom is -0.480 e. The molecule has 2 rings (SSSR count). The number of aliphatic hydroxyl groups excluding tert-OH is 1. The molecule has 6 nitrogen and oxygen atoms in total. The lowest BCUT2D eigenvalue weighted by molar-refractivity contribution is -0.142. The Morgan fingerprint density at radius 2 is 2.44 bits per heavy atom. The SMILES string of the molecule is Cn1ccc(CN2CC(O)CC2C(=O)O)n1. The maximum Gasteiger partial charge on any atom is 0.321 e. The molecule has 2 heterocycles. The van der Waals surface area contributed by atoms with E-state index in [2.05, 4.69) is 5.10 Å². The summed E-state index contributed by atoms with van der Waals surface area (Å²) in [4.78, 5) is 12.7. The van der Waals surface area contributed by atoms with Gasteiger partial charge in [0, 0.05) is 32.8 Å². The summed E-state index contributed by atoms with van der Waals surface area (Å²) in [6, 6.07) is 1.25. The summed E-state index contributed by atoms with van der Waals surface area (Å²) < 4.78 is 1.68. The van der Waals surface area contributed by atoms with Crippen molar-refractivity contribution in [2.45, 2.75) is 25.1 Å². The van der Waals surface area contributed by atoms with Gasteiger partial charge in [-0.15, -0.1) is 0 Å². The Kier molecular flexibility index (Phi) is 2.93. The summed E-state index contributed by atoms with van der Waals surface area (Å²) in [5.74, 6) is -0.882. The molecule has 1 aromatic heterocycles. The Morgan fingerprint density at radius 3 is 3.00 bits per heavy atom. The maximum atomic E-state index is 11.0. The summed E-state index contributed by atoms with van der Waals surface area (Å²) in [5.41, 5.74) is 0.822. The molecule has 1 saturated heterocycles. The van der Waals surface area contributed by atoms with Crippen LogP contribution in [0.2, 0.25) is 0 Å². The molecule has 1 aliphatic rings. The third kappa shape index (κ3) is 2.23. The quantitative estimate of drug-likeness (QED) is 0.721. The van der Waals surface area contributed by atoms with E-state index in [4.69, 9.17) is 5.11 Å². The number of hydrogen-bond donors (Lipinski definition) is 2. The summed E-state index contributed by atoms with van der Waals surface area (Å²) >= 11 is 0.